The molecule has 12 heteroatoms. The van der Waals surface area contributed by atoms with Crippen molar-refractivity contribution < 1.29 is 24.1 Å². The number of ether oxygens (including phenoxy) is 1. The van der Waals surface area contributed by atoms with Crippen LogP contribution in [-0.4, -0.2) is 76.4 Å². The fourth-order valence-electron chi connectivity index (χ4n) is 6.14. The molecular formula is C35H48N6O5S. The molecule has 0 spiro atoms. The zero-order valence-corrected chi connectivity index (χ0v) is 28.4. The first-order chi connectivity index (χ1) is 22.3. The molecule has 1 atom stereocenters. The van der Waals surface area contributed by atoms with Crippen LogP contribution < -0.4 is 25.6 Å². The van der Waals surface area contributed by atoms with Gasteiger partial charge in [0, 0.05) is 60.5 Å². The topological polar surface area (TPSA) is 154 Å². The van der Waals surface area contributed by atoms with Gasteiger partial charge in [0.1, 0.15) is 24.2 Å². The predicted molar refractivity (Wildman–Crippen MR) is 192 cm³/mol. The summed E-state index contributed by atoms with van der Waals surface area (Å²) in [6.45, 7) is 5.25. The van der Waals surface area contributed by atoms with Gasteiger partial charge in [-0.3, -0.25) is 9.11 Å². The maximum Gasteiger partial charge on any atom is 0.196 e. The molecule has 47 heavy (non-hydrogen) atoms. The van der Waals surface area contributed by atoms with E-state index in [4.69, 9.17) is 4.74 Å². The highest BCUT2D eigenvalue weighted by atomic mass is 32.3. The normalized spacial score (nSPS) is 18.2. The molecule has 0 amide bonds. The van der Waals surface area contributed by atoms with Crippen molar-refractivity contribution in [3.05, 3.63) is 83.9 Å². The highest BCUT2D eigenvalue weighted by Gasteiger charge is 2.37. The van der Waals surface area contributed by atoms with Gasteiger partial charge in [-0.15, -0.1) is 8.80 Å². The van der Waals surface area contributed by atoms with Crippen molar-refractivity contribution in [3.8, 4) is 11.5 Å². The molecule has 1 aliphatic carbocycles. The van der Waals surface area contributed by atoms with Crippen LogP contribution in [0.15, 0.2) is 81.6 Å². The molecule has 7 N–H and O–H groups in total. The predicted octanol–water partition coefficient (Wildman–Crippen LogP) is 5.71. The monoisotopic (exact) mass is 664 g/mol. The summed E-state index contributed by atoms with van der Waals surface area (Å²) in [4.78, 5) is 2.09. The van der Waals surface area contributed by atoms with Crippen LogP contribution in [0.3, 0.4) is 0 Å². The van der Waals surface area contributed by atoms with Gasteiger partial charge in [0.25, 0.3) is 0 Å². The Morgan fingerprint density at radius 3 is 2.19 bits per heavy atom. The summed E-state index contributed by atoms with van der Waals surface area (Å²) < 4.78 is 34.6. The highest BCUT2D eigenvalue weighted by Crippen LogP contribution is 2.46. The third-order valence-corrected chi connectivity index (χ3v) is 9.62. The number of hydrogen-bond acceptors (Lipinski definition) is 11. The molecule has 3 aromatic carbocycles. The molecule has 0 aromatic heterocycles. The number of nitrogens with zero attached hydrogens (tertiary/aromatic N) is 3. The van der Waals surface area contributed by atoms with E-state index in [1.54, 1.807) is 24.3 Å². The minimum atomic E-state index is -3.48. The van der Waals surface area contributed by atoms with Gasteiger partial charge in [-0.25, -0.2) is 0 Å². The lowest BCUT2D eigenvalue weighted by Crippen LogP contribution is -2.46. The zero-order valence-electron chi connectivity index (χ0n) is 27.6. The Hall–Kier alpha value is -3.81. The lowest BCUT2D eigenvalue weighted by atomic mass is 9.78. The molecular weight excluding hydrogens is 616 g/mol. The van der Waals surface area contributed by atoms with Gasteiger partial charge in [-0.2, -0.15) is 0 Å². The van der Waals surface area contributed by atoms with Crippen LogP contribution in [0.2, 0.25) is 0 Å². The minimum Gasteiger partial charge on any atom is -0.508 e. The molecule has 0 bridgehead atoms. The fourth-order valence-corrected chi connectivity index (χ4v) is 6.95. The van der Waals surface area contributed by atoms with E-state index in [-0.39, 0.29) is 23.3 Å². The van der Waals surface area contributed by atoms with Gasteiger partial charge in [0.2, 0.25) is 0 Å². The Bertz CT molecular complexity index is 1540. The molecule has 254 valence electrons. The number of aliphatic hydroxyl groups excluding tert-OH is 1. The Kier molecular flexibility index (Phi) is 10.7. The summed E-state index contributed by atoms with van der Waals surface area (Å²) >= 11 is 0. The van der Waals surface area contributed by atoms with Crippen LogP contribution in [0.4, 0.5) is 11.4 Å². The van der Waals surface area contributed by atoms with Crippen molar-refractivity contribution in [2.75, 3.05) is 44.0 Å². The fraction of sp³-hybridized carbons (Fsp3) is 0.429. The number of anilines is 2. The van der Waals surface area contributed by atoms with E-state index in [2.05, 4.69) is 67.8 Å². The first kappa shape index (κ1) is 34.5. The molecule has 11 nitrogen and oxygen atoms in total. The standard InChI is InChI=1S/C35H48N6O5S/c1-34(2,37-22-30(43)23-46-31-17-15-29(42)16-18-31)21-25-7-11-27(12-8-25)38-33-32(39-47(44,45)40-33)36-24-35(19-5-6-20-35)26-9-13-28(14-10-26)41(3)4/h7-18,30,37,42-45H,5-6,19-24H2,1-4H3,(H,36,39)(H,38,40)/t30-/m1/s1. The van der Waals surface area contributed by atoms with Gasteiger partial charge in [-0.05, 0) is 92.8 Å². The zero-order chi connectivity index (χ0) is 33.7. The molecule has 1 heterocycles. The molecule has 5 rings (SSSR count). The lowest BCUT2D eigenvalue weighted by molar-refractivity contribution is 0.0988. The number of amidine groups is 2. The summed E-state index contributed by atoms with van der Waals surface area (Å²) in [5.74, 6) is 1.40. The maximum absolute atomic E-state index is 10.4. The lowest BCUT2D eigenvalue weighted by Gasteiger charge is -2.31. The second kappa shape index (κ2) is 14.5. The molecule has 3 aromatic rings. The molecule has 0 radical (unpaired) electrons. The Morgan fingerprint density at radius 2 is 1.55 bits per heavy atom. The van der Waals surface area contributed by atoms with Crippen LogP contribution in [0, 0.1) is 0 Å². The molecule has 0 unspecified atom stereocenters. The second-order valence-electron chi connectivity index (χ2n) is 13.4. The number of rotatable bonds is 13. The highest BCUT2D eigenvalue weighted by molar-refractivity contribution is 8.22. The third-order valence-electron chi connectivity index (χ3n) is 8.76. The number of β-amino-alcohol motifs (C(OH)–C–C–N with tert-alkyl or cyclic N) is 1. The summed E-state index contributed by atoms with van der Waals surface area (Å²) in [5, 5.41) is 29.9. The first-order valence-electron chi connectivity index (χ1n) is 16.0. The van der Waals surface area contributed by atoms with Gasteiger partial charge in [0.15, 0.2) is 11.7 Å². The average molecular weight is 665 g/mol. The molecule has 0 saturated heterocycles. The van der Waals surface area contributed by atoms with Gasteiger partial charge >= 0.3 is 0 Å². The number of phenolic OH excluding ortho intramolecular Hbond substituents is 1. The van der Waals surface area contributed by atoms with Crippen molar-refractivity contribution >= 4 is 34.0 Å². The quantitative estimate of drug-likeness (QED) is 0.122. The van der Waals surface area contributed by atoms with Crippen LogP contribution >= 0.6 is 11.0 Å². The first-order valence-corrected chi connectivity index (χ1v) is 17.5. The molecule has 1 fully saturated rings. The average Bonchev–Trinajstić information content (AvgIpc) is 3.63. The largest absolute Gasteiger partial charge is 0.508 e. The van der Waals surface area contributed by atoms with E-state index in [9.17, 15) is 19.3 Å². The summed E-state index contributed by atoms with van der Waals surface area (Å²) in [7, 11) is 0.587. The summed E-state index contributed by atoms with van der Waals surface area (Å²) in [6, 6.07) is 23.0. The van der Waals surface area contributed by atoms with Gasteiger partial charge in [-0.1, -0.05) is 37.1 Å². The van der Waals surface area contributed by atoms with Crippen molar-refractivity contribution in [1.82, 2.24) is 10.6 Å². The summed E-state index contributed by atoms with van der Waals surface area (Å²) in [6.07, 6.45) is 4.39. The SMILES string of the molecule is CN(C)c1ccc(C2(CNC3=NS(O)(O)N=C3Nc3ccc(CC(C)(C)NC[C@@H](O)COc4ccc(O)cc4)cc3)CCCC2)cc1. The van der Waals surface area contributed by atoms with E-state index in [1.165, 1.54) is 5.56 Å². The molecule has 1 aliphatic heterocycles. The Labute approximate surface area is 279 Å². The number of nitrogens with one attached hydrogen (secondary N) is 3. The van der Waals surface area contributed by atoms with E-state index >= 15 is 0 Å². The number of phenols is 1. The van der Waals surface area contributed by atoms with Gasteiger partial charge in [0.05, 0.1) is 0 Å². The smallest absolute Gasteiger partial charge is 0.196 e. The van der Waals surface area contributed by atoms with Crippen molar-refractivity contribution in [1.29, 1.82) is 0 Å². The Balaban J connectivity index is 1.15. The minimum absolute atomic E-state index is 0.0672. The van der Waals surface area contributed by atoms with E-state index in [0.29, 0.717) is 36.9 Å². The van der Waals surface area contributed by atoms with Crippen molar-refractivity contribution in [2.24, 2.45) is 8.80 Å². The van der Waals surface area contributed by atoms with Crippen LogP contribution in [0.25, 0.3) is 0 Å². The van der Waals surface area contributed by atoms with Crippen molar-refractivity contribution in [2.45, 2.75) is 63.0 Å². The summed E-state index contributed by atoms with van der Waals surface area (Å²) in [5.41, 5.74) is 3.91. The third kappa shape index (κ3) is 9.39. The number of hydrogen-bond donors (Lipinski definition) is 7. The molecule has 2 aliphatic rings. The number of aromatic hydroxyl groups is 1. The van der Waals surface area contributed by atoms with Crippen LogP contribution in [0.1, 0.15) is 50.7 Å². The maximum atomic E-state index is 10.4. The van der Waals surface area contributed by atoms with Crippen LogP contribution in [-0.2, 0) is 11.8 Å². The van der Waals surface area contributed by atoms with E-state index in [0.717, 1.165) is 42.6 Å². The van der Waals surface area contributed by atoms with Crippen LogP contribution in [0.5, 0.6) is 11.5 Å². The number of benzene rings is 3. The van der Waals surface area contributed by atoms with E-state index in [1.807, 2.05) is 38.4 Å². The Morgan fingerprint density at radius 1 is 0.915 bits per heavy atom. The van der Waals surface area contributed by atoms with Crippen molar-refractivity contribution in [3.63, 3.8) is 0 Å². The van der Waals surface area contributed by atoms with Gasteiger partial charge < -0.3 is 35.8 Å². The van der Waals surface area contributed by atoms with E-state index < -0.39 is 17.1 Å². The second-order valence-corrected chi connectivity index (χ2v) is 14.7. The molecule has 1 saturated carbocycles. The number of aliphatic hydroxyl groups is 1.